The van der Waals surface area contributed by atoms with Gasteiger partial charge in [0.25, 0.3) is 5.91 Å². The predicted molar refractivity (Wildman–Crippen MR) is 98.4 cm³/mol. The van der Waals surface area contributed by atoms with Crippen LogP contribution in [0.2, 0.25) is 0 Å². The van der Waals surface area contributed by atoms with Crippen molar-refractivity contribution in [2.75, 3.05) is 13.1 Å². The number of carbonyl (C=O) groups is 2. The minimum Gasteiger partial charge on any atom is -0.349 e. The molecule has 0 spiro atoms. The first-order valence-electron chi connectivity index (χ1n) is 8.98. The van der Waals surface area contributed by atoms with Gasteiger partial charge in [0, 0.05) is 19.3 Å². The van der Waals surface area contributed by atoms with E-state index in [0.29, 0.717) is 18.8 Å². The monoisotopic (exact) mass is 352 g/mol. The van der Waals surface area contributed by atoms with Crippen LogP contribution in [0.4, 0.5) is 0 Å². The van der Waals surface area contributed by atoms with Crippen molar-refractivity contribution in [3.8, 4) is 0 Å². The molecule has 1 N–H and O–H groups in total. The topological polar surface area (TPSA) is 75.2 Å². The van der Waals surface area contributed by atoms with E-state index >= 15 is 0 Å². The van der Waals surface area contributed by atoms with Crippen molar-refractivity contribution < 1.29 is 9.59 Å². The van der Waals surface area contributed by atoms with Crippen molar-refractivity contribution in [2.24, 2.45) is 5.92 Å². The molecule has 1 aromatic carbocycles. The van der Waals surface area contributed by atoms with Gasteiger partial charge in [0.05, 0.1) is 23.9 Å². The Balaban J connectivity index is 1.61. The molecule has 2 atom stereocenters. The molecule has 1 aliphatic rings. The minimum atomic E-state index is -0.197. The molecule has 2 heterocycles. The number of amides is 2. The summed E-state index contributed by atoms with van der Waals surface area (Å²) in [5.74, 6) is -0.364. The molecule has 3 rings (SSSR count). The molecule has 0 bridgehead atoms. The average molecular weight is 352 g/mol. The van der Waals surface area contributed by atoms with E-state index in [0.717, 1.165) is 24.1 Å². The first-order valence-corrected chi connectivity index (χ1v) is 8.98. The molecule has 2 amide bonds. The summed E-state index contributed by atoms with van der Waals surface area (Å²) in [6.07, 6.45) is 4.68. The van der Waals surface area contributed by atoms with Crippen LogP contribution in [0.1, 0.15) is 47.6 Å². The Bertz CT molecular complexity index is 761. The summed E-state index contributed by atoms with van der Waals surface area (Å²) in [5.41, 5.74) is 2.17. The van der Waals surface area contributed by atoms with Gasteiger partial charge in [-0.25, -0.2) is 4.98 Å². The normalized spacial score (nSPS) is 18.2. The van der Waals surface area contributed by atoms with Crippen LogP contribution in [0.15, 0.2) is 42.7 Å². The quantitative estimate of drug-likeness (QED) is 0.917. The zero-order valence-corrected chi connectivity index (χ0v) is 15.2. The second-order valence-corrected chi connectivity index (χ2v) is 6.77. The number of aromatic nitrogens is 2. The lowest BCUT2D eigenvalue weighted by atomic mass is 9.96. The van der Waals surface area contributed by atoms with Gasteiger partial charge >= 0.3 is 0 Å². The van der Waals surface area contributed by atoms with Gasteiger partial charge in [-0.3, -0.25) is 14.6 Å². The summed E-state index contributed by atoms with van der Waals surface area (Å²) in [5, 5.41) is 3.07. The van der Waals surface area contributed by atoms with Gasteiger partial charge in [0.2, 0.25) is 5.91 Å². The van der Waals surface area contributed by atoms with Crippen LogP contribution in [0.25, 0.3) is 0 Å². The number of hydrogen-bond donors (Lipinski definition) is 1. The number of rotatable bonds is 4. The fourth-order valence-electron chi connectivity index (χ4n) is 3.20. The first-order chi connectivity index (χ1) is 12.5. The van der Waals surface area contributed by atoms with E-state index in [1.54, 1.807) is 11.1 Å². The Morgan fingerprint density at radius 3 is 2.65 bits per heavy atom. The Hall–Kier alpha value is -2.76. The maximum Gasteiger partial charge on any atom is 0.274 e. The van der Waals surface area contributed by atoms with E-state index < -0.39 is 0 Å². The molecule has 2 aromatic rings. The predicted octanol–water partition coefficient (Wildman–Crippen LogP) is 2.51. The second-order valence-electron chi connectivity index (χ2n) is 6.77. The lowest BCUT2D eigenvalue weighted by Crippen LogP contribution is -2.46. The van der Waals surface area contributed by atoms with Gasteiger partial charge in [0.15, 0.2) is 0 Å². The van der Waals surface area contributed by atoms with Gasteiger partial charge in [0.1, 0.15) is 5.69 Å². The van der Waals surface area contributed by atoms with E-state index in [9.17, 15) is 9.59 Å². The van der Waals surface area contributed by atoms with Crippen LogP contribution in [-0.4, -0.2) is 39.8 Å². The van der Waals surface area contributed by atoms with E-state index in [-0.39, 0.29) is 23.8 Å². The largest absolute Gasteiger partial charge is 0.349 e. The van der Waals surface area contributed by atoms with Crippen molar-refractivity contribution in [3.63, 3.8) is 0 Å². The third-order valence-electron chi connectivity index (χ3n) is 4.74. The SMILES string of the molecule is Cc1cnc(C(=O)N2CCCC(C(=O)NC(C)c3ccccc3)C2)cn1. The molecular weight excluding hydrogens is 328 g/mol. The number of benzene rings is 1. The number of aryl methyl sites for hydroxylation is 1. The Morgan fingerprint density at radius 1 is 1.19 bits per heavy atom. The first kappa shape index (κ1) is 18.0. The number of piperidine rings is 1. The van der Waals surface area contributed by atoms with Crippen molar-refractivity contribution in [1.29, 1.82) is 0 Å². The fraction of sp³-hybridized carbons (Fsp3) is 0.400. The maximum absolute atomic E-state index is 12.7. The Morgan fingerprint density at radius 2 is 1.96 bits per heavy atom. The summed E-state index contributed by atoms with van der Waals surface area (Å²) in [4.78, 5) is 35.3. The lowest BCUT2D eigenvalue weighted by molar-refractivity contribution is -0.127. The standard InChI is InChI=1S/C20H24N4O2/c1-14-11-22-18(12-21-14)20(26)24-10-6-9-17(13-24)19(25)23-15(2)16-7-4-3-5-8-16/h3-5,7-8,11-12,15,17H,6,9-10,13H2,1-2H3,(H,23,25). The lowest BCUT2D eigenvalue weighted by Gasteiger charge is -2.32. The summed E-state index contributed by atoms with van der Waals surface area (Å²) in [6.45, 7) is 4.87. The Kier molecular flexibility index (Phi) is 5.61. The van der Waals surface area contributed by atoms with E-state index in [1.165, 1.54) is 6.20 Å². The van der Waals surface area contributed by atoms with Crippen LogP contribution < -0.4 is 5.32 Å². The fourth-order valence-corrected chi connectivity index (χ4v) is 3.20. The third-order valence-corrected chi connectivity index (χ3v) is 4.74. The van der Waals surface area contributed by atoms with Gasteiger partial charge in [-0.05, 0) is 32.3 Å². The zero-order valence-electron chi connectivity index (χ0n) is 15.2. The molecule has 1 aromatic heterocycles. The number of likely N-dealkylation sites (tertiary alicyclic amines) is 1. The maximum atomic E-state index is 12.7. The molecule has 6 heteroatoms. The van der Waals surface area contributed by atoms with Crippen LogP contribution in [0.3, 0.4) is 0 Å². The Labute approximate surface area is 153 Å². The highest BCUT2D eigenvalue weighted by Crippen LogP contribution is 2.20. The summed E-state index contributed by atoms with van der Waals surface area (Å²) >= 11 is 0. The van der Waals surface area contributed by atoms with Crippen molar-refractivity contribution in [1.82, 2.24) is 20.2 Å². The van der Waals surface area contributed by atoms with Crippen LogP contribution in [0, 0.1) is 12.8 Å². The highest BCUT2D eigenvalue weighted by molar-refractivity contribution is 5.92. The highest BCUT2D eigenvalue weighted by atomic mass is 16.2. The van der Waals surface area contributed by atoms with E-state index in [2.05, 4.69) is 15.3 Å². The molecule has 1 aliphatic heterocycles. The second kappa shape index (κ2) is 8.08. The minimum absolute atomic E-state index is 0.00570. The van der Waals surface area contributed by atoms with Crippen LogP contribution in [-0.2, 0) is 4.79 Å². The van der Waals surface area contributed by atoms with Crippen molar-refractivity contribution in [2.45, 2.75) is 32.7 Å². The molecule has 0 saturated carbocycles. The molecule has 0 aliphatic carbocycles. The van der Waals surface area contributed by atoms with Crippen molar-refractivity contribution in [3.05, 3.63) is 59.7 Å². The molecule has 6 nitrogen and oxygen atoms in total. The number of nitrogens with zero attached hydrogens (tertiary/aromatic N) is 3. The molecule has 1 saturated heterocycles. The molecule has 136 valence electrons. The van der Waals surface area contributed by atoms with Gasteiger partial charge in [-0.1, -0.05) is 30.3 Å². The van der Waals surface area contributed by atoms with Crippen LogP contribution >= 0.6 is 0 Å². The van der Waals surface area contributed by atoms with Gasteiger partial charge in [-0.15, -0.1) is 0 Å². The molecule has 2 unspecified atom stereocenters. The molecule has 26 heavy (non-hydrogen) atoms. The number of hydrogen-bond acceptors (Lipinski definition) is 4. The highest BCUT2D eigenvalue weighted by Gasteiger charge is 2.30. The molecule has 0 radical (unpaired) electrons. The number of carbonyl (C=O) groups excluding carboxylic acids is 2. The zero-order chi connectivity index (χ0) is 18.5. The third kappa shape index (κ3) is 4.25. The summed E-state index contributed by atoms with van der Waals surface area (Å²) in [6, 6.07) is 9.81. The summed E-state index contributed by atoms with van der Waals surface area (Å²) < 4.78 is 0. The molecular formula is C20H24N4O2. The smallest absolute Gasteiger partial charge is 0.274 e. The van der Waals surface area contributed by atoms with E-state index in [4.69, 9.17) is 0 Å². The van der Waals surface area contributed by atoms with Crippen LogP contribution in [0.5, 0.6) is 0 Å². The number of nitrogens with one attached hydrogen (secondary N) is 1. The van der Waals surface area contributed by atoms with Crippen molar-refractivity contribution >= 4 is 11.8 Å². The average Bonchev–Trinajstić information content (AvgIpc) is 2.68. The molecule has 1 fully saturated rings. The summed E-state index contributed by atoms with van der Waals surface area (Å²) in [7, 11) is 0. The van der Waals surface area contributed by atoms with Gasteiger partial charge < -0.3 is 10.2 Å². The van der Waals surface area contributed by atoms with E-state index in [1.807, 2.05) is 44.2 Å². The van der Waals surface area contributed by atoms with Gasteiger partial charge in [-0.2, -0.15) is 0 Å².